The molecule has 0 bridgehead atoms. The Hall–Kier alpha value is -2.71. The minimum atomic E-state index is -0.570. The first kappa shape index (κ1) is 32.2. The van der Waals surface area contributed by atoms with E-state index in [-0.39, 0.29) is 17.7 Å². The molecule has 2 unspecified atom stereocenters. The summed E-state index contributed by atoms with van der Waals surface area (Å²) in [4.78, 5) is 35.5. The van der Waals surface area contributed by atoms with Gasteiger partial charge in [-0.1, -0.05) is 47.6 Å². The van der Waals surface area contributed by atoms with Gasteiger partial charge >= 0.3 is 0 Å². The van der Waals surface area contributed by atoms with Crippen molar-refractivity contribution in [2.24, 2.45) is 17.8 Å². The molecule has 1 aliphatic heterocycles. The summed E-state index contributed by atoms with van der Waals surface area (Å²) < 4.78 is 2.36. The molecule has 42 heavy (non-hydrogen) atoms. The maximum absolute atomic E-state index is 13.4. The molecule has 3 aromatic rings. The molecule has 4 rings (SSSR count). The molecule has 0 saturated carbocycles. The molecule has 8 heteroatoms. The van der Waals surface area contributed by atoms with Crippen LogP contribution in [0.1, 0.15) is 101 Å². The maximum Gasteiger partial charge on any atom is 0.252 e. The molecule has 1 aromatic carbocycles. The second-order valence-corrected chi connectivity index (χ2v) is 13.9. The molecule has 3 atom stereocenters. The summed E-state index contributed by atoms with van der Waals surface area (Å²) in [5, 5.41) is 8.24. The fourth-order valence-electron chi connectivity index (χ4n) is 6.60. The van der Waals surface area contributed by atoms with Gasteiger partial charge in [0.25, 0.3) is 5.91 Å². The number of nitrogens with zero attached hydrogens (tertiary/aromatic N) is 3. The maximum atomic E-state index is 13.4. The van der Waals surface area contributed by atoms with Gasteiger partial charge in [-0.25, -0.2) is 4.98 Å². The molecule has 0 spiro atoms. The molecule has 0 radical (unpaired) electrons. The van der Waals surface area contributed by atoms with Crippen molar-refractivity contribution in [1.82, 2.24) is 25.1 Å². The highest BCUT2D eigenvalue weighted by molar-refractivity contribution is 7.09. The Morgan fingerprint density at radius 1 is 1.10 bits per heavy atom. The van der Waals surface area contributed by atoms with Crippen molar-refractivity contribution in [1.29, 1.82) is 0 Å². The van der Waals surface area contributed by atoms with Gasteiger partial charge in [0.05, 0.1) is 11.0 Å². The number of carbonyl (C=O) groups is 2. The molecule has 1 saturated heterocycles. The first-order chi connectivity index (χ1) is 20.2. The van der Waals surface area contributed by atoms with Crippen molar-refractivity contribution in [3.8, 4) is 0 Å². The Balaban J connectivity index is 1.43. The van der Waals surface area contributed by atoms with Gasteiger partial charge in [-0.2, -0.15) is 0 Å². The summed E-state index contributed by atoms with van der Waals surface area (Å²) in [5.41, 5.74) is 2.42. The van der Waals surface area contributed by atoms with Crippen molar-refractivity contribution in [3.05, 3.63) is 52.0 Å². The molecular weight excluding hydrogens is 542 g/mol. The first-order valence-corrected chi connectivity index (χ1v) is 16.9. The summed E-state index contributed by atoms with van der Waals surface area (Å²) in [6.07, 6.45) is 5.62. The van der Waals surface area contributed by atoms with E-state index in [9.17, 15) is 9.59 Å². The summed E-state index contributed by atoms with van der Waals surface area (Å²) in [5.74, 6) is 2.43. The van der Waals surface area contributed by atoms with Gasteiger partial charge in [0, 0.05) is 42.5 Å². The Morgan fingerprint density at radius 3 is 2.48 bits per heavy atom. The smallest absolute Gasteiger partial charge is 0.252 e. The van der Waals surface area contributed by atoms with Crippen LogP contribution in [0.2, 0.25) is 0 Å². The average Bonchev–Trinajstić information content (AvgIpc) is 3.58. The Morgan fingerprint density at radius 2 is 1.83 bits per heavy atom. The average molecular weight is 594 g/mol. The highest BCUT2D eigenvalue weighted by Gasteiger charge is 2.25. The summed E-state index contributed by atoms with van der Waals surface area (Å²) >= 11 is 1.74. The van der Waals surface area contributed by atoms with Crippen LogP contribution in [0.4, 0.5) is 0 Å². The predicted molar refractivity (Wildman–Crippen MR) is 174 cm³/mol. The number of aromatic nitrogens is 2. The van der Waals surface area contributed by atoms with Crippen LogP contribution in [-0.4, -0.2) is 58.5 Å². The lowest BCUT2D eigenvalue weighted by molar-refractivity contribution is -0.123. The number of imidazole rings is 1. The van der Waals surface area contributed by atoms with Crippen LogP contribution in [0.15, 0.2) is 35.7 Å². The number of fused-ring (bicyclic) bond motifs is 1. The third-order valence-corrected chi connectivity index (χ3v) is 9.34. The number of likely N-dealkylation sites (tertiary alicyclic amines) is 1. The third-order valence-electron chi connectivity index (χ3n) is 8.47. The van der Waals surface area contributed by atoms with E-state index in [1.165, 1.54) is 11.3 Å². The summed E-state index contributed by atoms with van der Waals surface area (Å²) in [7, 11) is 0. The molecular formula is C34H51N5O2S. The van der Waals surface area contributed by atoms with Gasteiger partial charge in [-0.05, 0) is 86.0 Å². The quantitative estimate of drug-likeness (QED) is 0.205. The van der Waals surface area contributed by atoms with Gasteiger partial charge < -0.3 is 20.1 Å². The van der Waals surface area contributed by atoms with E-state index in [1.54, 1.807) is 11.3 Å². The van der Waals surface area contributed by atoms with E-state index in [0.29, 0.717) is 24.6 Å². The van der Waals surface area contributed by atoms with Crippen LogP contribution >= 0.6 is 11.3 Å². The SMILES string of the molecule is CCC(CC)n1c(Cc2cccs2)nc2cc(C(=O)N[C@@H](CC(C)C)C(=O)NCCCN3CC(C)CC(C)C3)ccc21. The predicted octanol–water partition coefficient (Wildman–Crippen LogP) is 6.68. The molecule has 230 valence electrons. The van der Waals surface area contributed by atoms with E-state index in [2.05, 4.69) is 79.2 Å². The van der Waals surface area contributed by atoms with E-state index < -0.39 is 6.04 Å². The standard InChI is InChI=1S/C34H51N5O2S/c1-7-27(8-2)39-31-13-12-26(19-29(31)36-32(39)20-28-11-9-16-42-28)33(40)37-30(17-23(3)4)34(41)35-14-10-15-38-21-24(5)18-25(6)22-38/h9,11-13,16,19,23-25,27,30H,7-8,10,14-15,17-18,20-22H2,1-6H3,(H,35,41)(H,37,40)/t24?,25?,30-/m0/s1. The van der Waals surface area contributed by atoms with Gasteiger partial charge in [0.2, 0.25) is 5.91 Å². The summed E-state index contributed by atoms with van der Waals surface area (Å²) in [6, 6.07) is 9.78. The van der Waals surface area contributed by atoms with Gasteiger partial charge in [0.1, 0.15) is 11.9 Å². The topological polar surface area (TPSA) is 79.3 Å². The van der Waals surface area contributed by atoms with Crippen LogP contribution < -0.4 is 10.6 Å². The molecule has 2 aromatic heterocycles. The zero-order valence-electron chi connectivity index (χ0n) is 26.5. The lowest BCUT2D eigenvalue weighted by atomic mass is 9.92. The number of hydrogen-bond acceptors (Lipinski definition) is 5. The van der Waals surface area contributed by atoms with E-state index in [4.69, 9.17) is 4.98 Å². The number of benzene rings is 1. The number of hydrogen-bond donors (Lipinski definition) is 2. The van der Waals surface area contributed by atoms with Gasteiger partial charge in [-0.15, -0.1) is 11.3 Å². The number of nitrogens with one attached hydrogen (secondary N) is 2. The van der Waals surface area contributed by atoms with Crippen LogP contribution in [0, 0.1) is 17.8 Å². The Kier molecular flexibility index (Phi) is 11.6. The van der Waals surface area contributed by atoms with Crippen molar-refractivity contribution < 1.29 is 9.59 Å². The normalized spacial score (nSPS) is 18.6. The Labute approximate surface area is 256 Å². The Bertz CT molecular complexity index is 1290. The number of rotatable bonds is 14. The highest BCUT2D eigenvalue weighted by Crippen LogP contribution is 2.28. The molecule has 1 fully saturated rings. The molecule has 7 nitrogen and oxygen atoms in total. The van der Waals surface area contributed by atoms with E-state index in [0.717, 1.165) is 74.0 Å². The number of thiophene rings is 1. The van der Waals surface area contributed by atoms with Crippen molar-refractivity contribution in [3.63, 3.8) is 0 Å². The molecule has 0 aliphatic carbocycles. The van der Waals surface area contributed by atoms with Crippen LogP contribution in [0.25, 0.3) is 11.0 Å². The fourth-order valence-corrected chi connectivity index (χ4v) is 7.30. The molecule has 2 amide bonds. The van der Waals surface area contributed by atoms with Crippen molar-refractivity contribution in [2.45, 2.75) is 92.2 Å². The van der Waals surface area contributed by atoms with E-state index >= 15 is 0 Å². The number of piperidine rings is 1. The van der Waals surface area contributed by atoms with Crippen LogP contribution in [-0.2, 0) is 11.2 Å². The number of carbonyl (C=O) groups excluding carboxylic acids is 2. The second kappa shape index (κ2) is 15.1. The lowest BCUT2D eigenvalue weighted by Crippen LogP contribution is -2.48. The lowest BCUT2D eigenvalue weighted by Gasteiger charge is -2.35. The first-order valence-electron chi connectivity index (χ1n) is 16.0. The van der Waals surface area contributed by atoms with Gasteiger partial charge in [-0.3, -0.25) is 9.59 Å². The molecule has 3 heterocycles. The van der Waals surface area contributed by atoms with Crippen molar-refractivity contribution >= 4 is 34.2 Å². The minimum absolute atomic E-state index is 0.102. The number of amides is 2. The minimum Gasteiger partial charge on any atom is -0.354 e. The molecule has 2 N–H and O–H groups in total. The zero-order valence-corrected chi connectivity index (χ0v) is 27.3. The largest absolute Gasteiger partial charge is 0.354 e. The summed E-state index contributed by atoms with van der Waals surface area (Å²) in [6.45, 7) is 17.1. The third kappa shape index (κ3) is 8.44. The van der Waals surface area contributed by atoms with E-state index in [1.807, 2.05) is 18.2 Å². The van der Waals surface area contributed by atoms with Crippen LogP contribution in [0.5, 0.6) is 0 Å². The highest BCUT2D eigenvalue weighted by atomic mass is 32.1. The monoisotopic (exact) mass is 593 g/mol. The van der Waals surface area contributed by atoms with Crippen molar-refractivity contribution in [2.75, 3.05) is 26.2 Å². The molecule has 1 aliphatic rings. The zero-order chi connectivity index (χ0) is 30.2. The fraction of sp³-hybridized carbons (Fsp3) is 0.618. The van der Waals surface area contributed by atoms with Crippen LogP contribution in [0.3, 0.4) is 0 Å². The second-order valence-electron chi connectivity index (χ2n) is 12.8. The van der Waals surface area contributed by atoms with Gasteiger partial charge in [0.15, 0.2) is 0 Å².